The van der Waals surface area contributed by atoms with Gasteiger partial charge in [0, 0.05) is 6.54 Å². The first-order valence-electron chi connectivity index (χ1n) is 8.09. The first-order chi connectivity index (χ1) is 12.2. The molecule has 1 heterocycles. The number of hydrogen-bond acceptors (Lipinski definition) is 4. The van der Waals surface area contributed by atoms with Gasteiger partial charge in [-0.15, -0.1) is 0 Å². The number of carbonyl (C=O) groups excluding carboxylic acids is 2. The van der Waals surface area contributed by atoms with Crippen LogP contribution in [0.1, 0.15) is 22.0 Å². The highest BCUT2D eigenvalue weighted by molar-refractivity contribution is 6.00. The van der Waals surface area contributed by atoms with Crippen molar-refractivity contribution in [2.45, 2.75) is 6.10 Å². The van der Waals surface area contributed by atoms with Crippen LogP contribution in [0.4, 0.5) is 10.5 Å². The Morgan fingerprint density at radius 1 is 1.12 bits per heavy atom. The first kappa shape index (κ1) is 17.0. The Hall–Kier alpha value is -2.86. The third kappa shape index (κ3) is 3.97. The largest absolute Gasteiger partial charge is 0.465 e. The van der Waals surface area contributed by atoms with Gasteiger partial charge in [-0.25, -0.2) is 9.59 Å². The van der Waals surface area contributed by atoms with Crippen molar-refractivity contribution in [3.05, 3.63) is 65.7 Å². The molecule has 1 atom stereocenters. The van der Waals surface area contributed by atoms with Crippen LogP contribution >= 0.6 is 0 Å². The number of amides is 2. The fourth-order valence-corrected chi connectivity index (χ4v) is 2.78. The van der Waals surface area contributed by atoms with Gasteiger partial charge in [-0.2, -0.15) is 0 Å². The maximum Gasteiger partial charge on any atom is 0.339 e. The van der Waals surface area contributed by atoms with Crippen LogP contribution in [0.25, 0.3) is 0 Å². The van der Waals surface area contributed by atoms with Crippen molar-refractivity contribution in [3.63, 3.8) is 0 Å². The number of nitrogens with zero attached hydrogens (tertiary/aromatic N) is 1. The van der Waals surface area contributed by atoms with E-state index < -0.39 is 5.97 Å². The van der Waals surface area contributed by atoms with Gasteiger partial charge in [0.25, 0.3) is 0 Å². The molecule has 25 heavy (non-hydrogen) atoms. The summed E-state index contributed by atoms with van der Waals surface area (Å²) in [6.45, 7) is 1.41. The van der Waals surface area contributed by atoms with Gasteiger partial charge in [0.05, 0.1) is 31.5 Å². The minimum Gasteiger partial charge on any atom is -0.465 e. The molecule has 2 amide bonds. The van der Waals surface area contributed by atoms with E-state index in [1.54, 1.807) is 29.2 Å². The third-order valence-corrected chi connectivity index (χ3v) is 4.10. The Balaban J connectivity index is 1.70. The van der Waals surface area contributed by atoms with E-state index in [2.05, 4.69) is 5.32 Å². The molecule has 0 bridgehead atoms. The summed E-state index contributed by atoms with van der Waals surface area (Å²) in [4.78, 5) is 26.1. The smallest absolute Gasteiger partial charge is 0.339 e. The van der Waals surface area contributed by atoms with Crippen LogP contribution < -0.4 is 5.32 Å². The lowest BCUT2D eigenvalue weighted by molar-refractivity contribution is -0.0135. The number of rotatable bonds is 3. The second-order valence-corrected chi connectivity index (χ2v) is 5.68. The molecule has 1 aliphatic heterocycles. The number of hydrogen-bond donors (Lipinski definition) is 1. The zero-order valence-corrected chi connectivity index (χ0v) is 14.0. The summed E-state index contributed by atoms with van der Waals surface area (Å²) >= 11 is 0. The molecule has 0 spiro atoms. The van der Waals surface area contributed by atoms with Crippen LogP contribution in [0.3, 0.4) is 0 Å². The number of urea groups is 1. The van der Waals surface area contributed by atoms with Crippen LogP contribution in [0, 0.1) is 0 Å². The molecule has 0 aliphatic carbocycles. The average Bonchev–Trinajstić information content (AvgIpc) is 2.68. The summed E-state index contributed by atoms with van der Waals surface area (Å²) in [5, 5.41) is 2.80. The number of ether oxygens (including phenoxy) is 2. The van der Waals surface area contributed by atoms with Crippen LogP contribution in [0.2, 0.25) is 0 Å². The van der Waals surface area contributed by atoms with Crippen LogP contribution in [0.15, 0.2) is 54.6 Å². The molecule has 6 nitrogen and oxygen atoms in total. The molecule has 0 radical (unpaired) electrons. The maximum atomic E-state index is 12.6. The van der Waals surface area contributed by atoms with E-state index in [9.17, 15) is 9.59 Å². The highest BCUT2D eigenvalue weighted by Crippen LogP contribution is 2.23. The van der Waals surface area contributed by atoms with Crippen molar-refractivity contribution in [2.75, 3.05) is 32.1 Å². The lowest BCUT2D eigenvalue weighted by Crippen LogP contribution is -2.44. The summed E-state index contributed by atoms with van der Waals surface area (Å²) in [6.07, 6.45) is -0.156. The third-order valence-electron chi connectivity index (χ3n) is 4.10. The number of benzene rings is 2. The Kier molecular flexibility index (Phi) is 5.30. The van der Waals surface area contributed by atoms with E-state index in [-0.39, 0.29) is 12.1 Å². The fraction of sp³-hybridized carbons (Fsp3) is 0.263. The van der Waals surface area contributed by atoms with Crippen LogP contribution in [-0.4, -0.2) is 43.7 Å². The molecule has 0 saturated carbocycles. The second kappa shape index (κ2) is 7.81. The molecule has 2 aromatic rings. The van der Waals surface area contributed by atoms with E-state index in [1.165, 1.54) is 7.11 Å². The van der Waals surface area contributed by atoms with E-state index in [0.29, 0.717) is 30.9 Å². The minimum atomic E-state index is -0.486. The van der Waals surface area contributed by atoms with E-state index in [1.807, 2.05) is 30.3 Å². The summed E-state index contributed by atoms with van der Waals surface area (Å²) in [6, 6.07) is 16.3. The SMILES string of the molecule is COC(=O)c1ccccc1NC(=O)N1CCO[C@H](c2ccccc2)C1. The fourth-order valence-electron chi connectivity index (χ4n) is 2.78. The molecule has 130 valence electrons. The van der Waals surface area contributed by atoms with E-state index in [4.69, 9.17) is 9.47 Å². The van der Waals surface area contributed by atoms with Crippen LogP contribution in [0.5, 0.6) is 0 Å². The van der Waals surface area contributed by atoms with Crippen molar-refractivity contribution in [3.8, 4) is 0 Å². The van der Waals surface area contributed by atoms with E-state index >= 15 is 0 Å². The standard InChI is InChI=1S/C19H20N2O4/c1-24-18(22)15-9-5-6-10-16(15)20-19(23)21-11-12-25-17(13-21)14-7-3-2-4-8-14/h2-10,17H,11-13H2,1H3,(H,20,23)/t17-/m0/s1. The normalized spacial score (nSPS) is 17.0. The summed E-state index contributed by atoms with van der Waals surface area (Å²) in [5.74, 6) is -0.486. The summed E-state index contributed by atoms with van der Waals surface area (Å²) in [5.41, 5.74) is 1.79. The predicted molar refractivity (Wildman–Crippen MR) is 93.5 cm³/mol. The molecule has 0 unspecified atom stereocenters. The molecule has 1 saturated heterocycles. The zero-order chi connectivity index (χ0) is 17.6. The molecule has 6 heteroatoms. The average molecular weight is 340 g/mol. The lowest BCUT2D eigenvalue weighted by Gasteiger charge is -2.33. The van der Waals surface area contributed by atoms with E-state index in [0.717, 1.165) is 5.56 Å². The molecule has 1 aliphatic rings. The molecule has 3 rings (SSSR count). The Morgan fingerprint density at radius 2 is 1.84 bits per heavy atom. The minimum absolute atomic E-state index is 0.156. The lowest BCUT2D eigenvalue weighted by atomic mass is 10.1. The zero-order valence-electron chi connectivity index (χ0n) is 14.0. The van der Waals surface area contributed by atoms with Crippen molar-refractivity contribution in [2.24, 2.45) is 0 Å². The Labute approximate surface area is 146 Å². The Morgan fingerprint density at radius 3 is 2.60 bits per heavy atom. The topological polar surface area (TPSA) is 67.9 Å². The van der Waals surface area contributed by atoms with Gasteiger partial charge in [-0.3, -0.25) is 0 Å². The van der Waals surface area contributed by atoms with Gasteiger partial charge in [-0.1, -0.05) is 42.5 Å². The number of morpholine rings is 1. The van der Waals surface area contributed by atoms with Crippen LogP contribution in [-0.2, 0) is 9.47 Å². The summed E-state index contributed by atoms with van der Waals surface area (Å²) in [7, 11) is 1.31. The number of anilines is 1. The summed E-state index contributed by atoms with van der Waals surface area (Å²) < 4.78 is 10.5. The monoisotopic (exact) mass is 340 g/mol. The van der Waals surface area contributed by atoms with Crippen molar-refractivity contribution in [1.29, 1.82) is 0 Å². The first-order valence-corrected chi connectivity index (χ1v) is 8.09. The molecule has 2 aromatic carbocycles. The number of esters is 1. The van der Waals surface area contributed by atoms with Crippen molar-refractivity contribution in [1.82, 2.24) is 4.90 Å². The van der Waals surface area contributed by atoms with Gasteiger partial charge in [0.1, 0.15) is 6.10 Å². The van der Waals surface area contributed by atoms with Crippen molar-refractivity contribution >= 4 is 17.7 Å². The molecular formula is C19H20N2O4. The van der Waals surface area contributed by atoms with Crippen molar-refractivity contribution < 1.29 is 19.1 Å². The molecular weight excluding hydrogens is 320 g/mol. The highest BCUT2D eigenvalue weighted by atomic mass is 16.5. The quantitative estimate of drug-likeness (QED) is 0.872. The number of para-hydroxylation sites is 1. The number of nitrogens with one attached hydrogen (secondary N) is 1. The number of methoxy groups -OCH3 is 1. The van der Waals surface area contributed by atoms with Gasteiger partial charge < -0.3 is 19.7 Å². The maximum absolute atomic E-state index is 12.6. The molecule has 1 N–H and O–H groups in total. The number of carbonyl (C=O) groups is 2. The van der Waals surface area contributed by atoms with Gasteiger partial charge >= 0.3 is 12.0 Å². The van der Waals surface area contributed by atoms with Gasteiger partial charge in [0.15, 0.2) is 0 Å². The highest BCUT2D eigenvalue weighted by Gasteiger charge is 2.26. The predicted octanol–water partition coefficient (Wildman–Crippen LogP) is 3.08. The van der Waals surface area contributed by atoms with Gasteiger partial charge in [0.2, 0.25) is 0 Å². The molecule has 0 aromatic heterocycles. The van der Waals surface area contributed by atoms with Gasteiger partial charge in [-0.05, 0) is 17.7 Å². The second-order valence-electron chi connectivity index (χ2n) is 5.68. The Bertz CT molecular complexity index is 748. The molecule has 1 fully saturated rings.